The molecular formula is C56H110O7Si4. The molecule has 0 amide bonds. The molecule has 0 rings (SSSR count). The van der Waals surface area contributed by atoms with Gasteiger partial charge in [0.1, 0.15) is 0 Å². The molecule has 67 heavy (non-hydrogen) atoms. The van der Waals surface area contributed by atoms with Crippen molar-refractivity contribution >= 4 is 39.2 Å². The van der Waals surface area contributed by atoms with Crippen molar-refractivity contribution in [1.82, 2.24) is 0 Å². The number of aliphatic hydroxyl groups excluding tert-OH is 1. The highest BCUT2D eigenvalue weighted by molar-refractivity contribution is 6.75. The molecule has 0 aromatic heterocycles. The average Bonchev–Trinajstić information content (AvgIpc) is 3.14. The van der Waals surface area contributed by atoms with E-state index in [0.717, 1.165) is 19.3 Å². The predicted octanol–water partition coefficient (Wildman–Crippen LogP) is 16.8. The summed E-state index contributed by atoms with van der Waals surface area (Å²) in [6, 6.07) is 0. The number of carboxylic acids is 1. The summed E-state index contributed by atoms with van der Waals surface area (Å²) < 4.78 is 29.2. The van der Waals surface area contributed by atoms with Gasteiger partial charge in [-0.25, -0.2) is 4.79 Å². The second-order valence-corrected chi connectivity index (χ2v) is 45.8. The molecule has 0 aliphatic carbocycles. The Hall–Kier alpha value is -1.16. The van der Waals surface area contributed by atoms with Crippen LogP contribution in [0.3, 0.4) is 0 Å². The minimum atomic E-state index is -2.23. The number of carboxylic acid groups (broad SMARTS) is 1. The molecule has 11 atom stereocenters. The lowest BCUT2D eigenvalue weighted by atomic mass is 9.82. The Kier molecular flexibility index (Phi) is 26.0. The van der Waals surface area contributed by atoms with Gasteiger partial charge in [-0.2, -0.15) is 0 Å². The number of aliphatic carboxylic acids is 1. The van der Waals surface area contributed by atoms with Crippen molar-refractivity contribution in [3.8, 4) is 0 Å². The SMILES string of the molecule is C=C/C=C\[C@H](C)[C@H](O)[C@@H](C)[C@@H](CC[C@H](C)C[C@H](C)[C@@H](O[Si](C)(C)C(C)(C)C)[C@@H](C)/C=C\[C@H](C[C@H](O[Si](C)(C)C(C)(C)C)[C@H](C)/C=C/C=C\C(=O)O)O[Si](C)(C)C(C)(C)C)O[Si](C)(C)C(C)(C)C. The minimum Gasteiger partial charge on any atom is -0.478 e. The summed E-state index contributed by atoms with van der Waals surface area (Å²) in [4.78, 5) is 11.3. The second kappa shape index (κ2) is 26.5. The summed E-state index contributed by atoms with van der Waals surface area (Å²) in [7, 11) is -8.74. The normalized spacial score (nSPS) is 19.6. The lowest BCUT2D eigenvalue weighted by molar-refractivity contribution is -0.131. The fraction of sp³-hybridized carbons (Fsp3) is 0.804. The molecule has 0 bridgehead atoms. The fourth-order valence-electron chi connectivity index (χ4n) is 7.43. The van der Waals surface area contributed by atoms with Gasteiger partial charge in [-0.3, -0.25) is 0 Å². The molecule has 392 valence electrons. The van der Waals surface area contributed by atoms with E-state index in [1.807, 2.05) is 18.2 Å². The first-order chi connectivity index (χ1) is 29.9. The highest BCUT2D eigenvalue weighted by Gasteiger charge is 2.45. The average molecular weight is 1010 g/mol. The fourth-order valence-corrected chi connectivity index (χ4v) is 13.1. The Balaban J connectivity index is 7.20. The predicted molar refractivity (Wildman–Crippen MR) is 302 cm³/mol. The third-order valence-corrected chi connectivity index (χ3v) is 34.4. The molecule has 7 nitrogen and oxygen atoms in total. The Morgan fingerprint density at radius 2 is 0.970 bits per heavy atom. The molecule has 0 unspecified atom stereocenters. The first-order valence-corrected chi connectivity index (χ1v) is 37.5. The maximum absolute atomic E-state index is 11.6. The molecule has 0 aromatic carbocycles. The molecule has 0 saturated carbocycles. The maximum Gasteiger partial charge on any atom is 0.328 e. The van der Waals surface area contributed by atoms with Crippen LogP contribution in [-0.2, 0) is 22.5 Å². The van der Waals surface area contributed by atoms with Gasteiger partial charge in [-0.1, -0.05) is 180 Å². The Morgan fingerprint density at radius 3 is 1.42 bits per heavy atom. The lowest BCUT2D eigenvalue weighted by Gasteiger charge is -2.44. The third kappa shape index (κ3) is 22.0. The van der Waals surface area contributed by atoms with E-state index in [-0.39, 0.29) is 74.2 Å². The first-order valence-electron chi connectivity index (χ1n) is 25.9. The highest BCUT2D eigenvalue weighted by atomic mass is 28.4. The molecule has 0 saturated heterocycles. The second-order valence-electron chi connectivity index (χ2n) is 26.7. The van der Waals surface area contributed by atoms with E-state index < -0.39 is 45.3 Å². The van der Waals surface area contributed by atoms with Crippen molar-refractivity contribution in [2.45, 2.75) is 253 Å². The molecule has 2 N–H and O–H groups in total. The summed E-state index contributed by atoms with van der Waals surface area (Å²) in [6.45, 7) is 63.6. The van der Waals surface area contributed by atoms with Crippen LogP contribution < -0.4 is 0 Å². The number of hydrogen-bond acceptors (Lipinski definition) is 6. The molecule has 0 heterocycles. The number of aliphatic hydroxyl groups is 1. The zero-order valence-electron chi connectivity index (χ0n) is 48.5. The van der Waals surface area contributed by atoms with E-state index in [1.165, 1.54) is 6.08 Å². The van der Waals surface area contributed by atoms with Crippen LogP contribution in [0.5, 0.6) is 0 Å². The van der Waals surface area contributed by atoms with E-state index in [9.17, 15) is 15.0 Å². The van der Waals surface area contributed by atoms with E-state index in [4.69, 9.17) is 17.7 Å². The standard InChI is InChI=1S/C56H110O7Si4/c1-28-29-32-43(4)51(59)46(7)48(61-65(22,23)54(11,12)13)38-35-41(2)39-45(6)52(63-67(26,27)56(17,18)19)44(5)36-37-47(60-64(20,21)53(8,9)10)40-49(62-66(24,25)55(14,15)16)42(3)33-30-31-34-50(57)58/h28-34,36-37,41-49,51-52,59H,1,35,38-40H2,2-27H3,(H,57,58)/b32-29-,33-30+,34-31-,37-36-/t41-,42+,43-,44-,45-,46-,47+,48+,49-,51-,52-/m0/s1. The quantitative estimate of drug-likeness (QED) is 0.0349. The van der Waals surface area contributed by atoms with E-state index in [1.54, 1.807) is 12.2 Å². The molecule has 0 spiro atoms. The smallest absolute Gasteiger partial charge is 0.328 e. The molecule has 0 aliphatic heterocycles. The summed E-state index contributed by atoms with van der Waals surface area (Å²) in [5.41, 5.74) is 0. The molecular weight excluding hydrogens is 897 g/mol. The molecule has 0 aliphatic rings. The van der Waals surface area contributed by atoms with Crippen molar-refractivity contribution in [2.24, 2.45) is 35.5 Å². The van der Waals surface area contributed by atoms with E-state index in [0.29, 0.717) is 12.3 Å². The van der Waals surface area contributed by atoms with Gasteiger partial charge in [0.15, 0.2) is 33.3 Å². The van der Waals surface area contributed by atoms with Crippen LogP contribution in [0.25, 0.3) is 0 Å². The third-order valence-electron chi connectivity index (χ3n) is 16.5. The number of carbonyl (C=O) groups is 1. The van der Waals surface area contributed by atoms with Crippen molar-refractivity contribution in [3.05, 3.63) is 61.3 Å². The van der Waals surface area contributed by atoms with Crippen LogP contribution in [-0.4, -0.2) is 80.0 Å². The lowest BCUT2D eigenvalue weighted by Crippen LogP contribution is -2.48. The van der Waals surface area contributed by atoms with Crippen LogP contribution in [0.1, 0.15) is 150 Å². The van der Waals surface area contributed by atoms with Gasteiger partial charge in [0.25, 0.3) is 0 Å². The Labute approximate surface area is 420 Å². The topological polar surface area (TPSA) is 94.5 Å². The Bertz CT molecular complexity index is 1600. The molecule has 11 heteroatoms. The summed E-state index contributed by atoms with van der Waals surface area (Å²) in [5, 5.41) is 21.0. The van der Waals surface area contributed by atoms with Crippen LogP contribution in [0, 0.1) is 35.5 Å². The van der Waals surface area contributed by atoms with Gasteiger partial charge in [0, 0.05) is 24.3 Å². The molecule has 0 aromatic rings. The van der Waals surface area contributed by atoms with Crippen molar-refractivity contribution in [3.63, 3.8) is 0 Å². The van der Waals surface area contributed by atoms with Gasteiger partial charge in [0.05, 0.1) is 30.5 Å². The van der Waals surface area contributed by atoms with Gasteiger partial charge in [-0.05, 0) is 115 Å². The van der Waals surface area contributed by atoms with Crippen LogP contribution in [0.4, 0.5) is 0 Å². The summed E-state index contributed by atoms with van der Waals surface area (Å²) in [5.74, 6) is -0.136. The monoisotopic (exact) mass is 1010 g/mol. The van der Waals surface area contributed by atoms with Gasteiger partial charge >= 0.3 is 5.97 Å². The van der Waals surface area contributed by atoms with Gasteiger partial charge in [-0.15, -0.1) is 0 Å². The van der Waals surface area contributed by atoms with Crippen LogP contribution >= 0.6 is 0 Å². The van der Waals surface area contributed by atoms with Gasteiger partial charge < -0.3 is 27.9 Å². The maximum atomic E-state index is 11.6. The van der Waals surface area contributed by atoms with Gasteiger partial charge in [0.2, 0.25) is 0 Å². The highest BCUT2D eigenvalue weighted by Crippen LogP contribution is 2.44. The number of rotatable bonds is 28. The largest absolute Gasteiger partial charge is 0.478 e. The number of allylic oxidation sites excluding steroid dienone is 4. The first kappa shape index (κ1) is 65.8. The summed E-state index contributed by atoms with van der Waals surface area (Å²) in [6.07, 6.45) is 19.9. The molecule has 0 radical (unpaired) electrons. The zero-order valence-corrected chi connectivity index (χ0v) is 52.5. The van der Waals surface area contributed by atoms with Crippen LogP contribution in [0.15, 0.2) is 61.3 Å². The zero-order chi connectivity index (χ0) is 52.9. The minimum absolute atomic E-state index is 0.00525. The van der Waals surface area contributed by atoms with Crippen molar-refractivity contribution < 1.29 is 32.7 Å². The van der Waals surface area contributed by atoms with E-state index in [2.05, 4.69) is 202 Å². The molecule has 0 fully saturated rings. The van der Waals surface area contributed by atoms with Crippen molar-refractivity contribution in [1.29, 1.82) is 0 Å². The number of hydrogen-bond donors (Lipinski definition) is 2. The van der Waals surface area contributed by atoms with E-state index >= 15 is 0 Å². The van der Waals surface area contributed by atoms with Crippen molar-refractivity contribution in [2.75, 3.05) is 0 Å². The summed E-state index contributed by atoms with van der Waals surface area (Å²) >= 11 is 0. The Morgan fingerprint density at radius 1 is 0.537 bits per heavy atom. The van der Waals surface area contributed by atoms with Crippen LogP contribution in [0.2, 0.25) is 72.5 Å².